The lowest BCUT2D eigenvalue weighted by atomic mass is 10.1. The number of carboxylic acid groups (broad SMARTS) is 1. The number of carbonyl (C=O) groups excluding carboxylic acids is 1. The Kier molecular flexibility index (Phi) is 2.32. The number of aliphatic carboxylic acids is 1. The fraction of sp³-hybridized carbons (Fsp3) is 0.111. The molecule has 68 valence electrons. The molecule has 1 aromatic rings. The van der Waals surface area contributed by atoms with Crippen LogP contribution in [0.1, 0.15) is 15.9 Å². The van der Waals surface area contributed by atoms with Gasteiger partial charge in [-0.2, -0.15) is 0 Å². The molecule has 0 amide bonds. The summed E-state index contributed by atoms with van der Waals surface area (Å²) >= 11 is 0. The molecule has 0 saturated carbocycles. The Morgan fingerprint density at radius 1 is 1.31 bits per heavy atom. The average Bonchev–Trinajstić information content (AvgIpc) is 2.08. The van der Waals surface area contributed by atoms with E-state index in [0.29, 0.717) is 5.56 Å². The van der Waals surface area contributed by atoms with E-state index < -0.39 is 11.8 Å². The molecule has 0 radical (unpaired) electrons. The standard InChI is InChI=1S/C9H8O4/c1-5-2-3-6(4-7(5)10)8(11)9(12)13/h2-4,10H,1H3,(H,12,13). The van der Waals surface area contributed by atoms with Gasteiger partial charge in [0.2, 0.25) is 0 Å². The number of hydrogen-bond donors (Lipinski definition) is 2. The largest absolute Gasteiger partial charge is 0.508 e. The Morgan fingerprint density at radius 3 is 2.38 bits per heavy atom. The molecular weight excluding hydrogens is 172 g/mol. The van der Waals surface area contributed by atoms with E-state index in [-0.39, 0.29) is 11.3 Å². The van der Waals surface area contributed by atoms with Gasteiger partial charge in [0.15, 0.2) is 0 Å². The fourth-order valence-electron chi connectivity index (χ4n) is 0.874. The summed E-state index contributed by atoms with van der Waals surface area (Å²) in [6.07, 6.45) is 0. The zero-order valence-electron chi connectivity index (χ0n) is 6.94. The lowest BCUT2D eigenvalue weighted by Crippen LogP contribution is -2.12. The second kappa shape index (κ2) is 3.26. The first-order valence-corrected chi connectivity index (χ1v) is 3.59. The summed E-state index contributed by atoms with van der Waals surface area (Å²) < 4.78 is 0. The molecule has 0 spiro atoms. The second-order valence-electron chi connectivity index (χ2n) is 2.64. The highest BCUT2D eigenvalue weighted by molar-refractivity contribution is 6.39. The van der Waals surface area contributed by atoms with Gasteiger partial charge in [0.1, 0.15) is 5.75 Å². The lowest BCUT2D eigenvalue weighted by molar-refractivity contribution is -0.131. The number of aryl methyl sites for hydroxylation is 1. The Balaban J connectivity index is 3.11. The summed E-state index contributed by atoms with van der Waals surface area (Å²) in [6.45, 7) is 1.66. The molecule has 0 aliphatic heterocycles. The summed E-state index contributed by atoms with van der Waals surface area (Å²) in [5, 5.41) is 17.6. The molecule has 1 aromatic carbocycles. The van der Waals surface area contributed by atoms with Gasteiger partial charge in [-0.15, -0.1) is 0 Å². The minimum absolute atomic E-state index is 0.0180. The minimum Gasteiger partial charge on any atom is -0.508 e. The van der Waals surface area contributed by atoms with E-state index in [9.17, 15) is 14.7 Å². The molecule has 1 rings (SSSR count). The van der Waals surface area contributed by atoms with Gasteiger partial charge in [-0.25, -0.2) is 4.79 Å². The zero-order chi connectivity index (χ0) is 10.0. The summed E-state index contributed by atoms with van der Waals surface area (Å²) in [5.74, 6) is -2.62. The number of hydrogen-bond acceptors (Lipinski definition) is 3. The van der Waals surface area contributed by atoms with Crippen molar-refractivity contribution in [2.75, 3.05) is 0 Å². The van der Waals surface area contributed by atoms with E-state index in [0.717, 1.165) is 6.07 Å². The van der Waals surface area contributed by atoms with E-state index in [1.165, 1.54) is 12.1 Å². The third-order valence-electron chi connectivity index (χ3n) is 1.67. The summed E-state index contributed by atoms with van der Waals surface area (Å²) in [6, 6.07) is 4.00. The highest BCUT2D eigenvalue weighted by Gasteiger charge is 2.14. The topological polar surface area (TPSA) is 74.6 Å². The summed E-state index contributed by atoms with van der Waals surface area (Å²) in [4.78, 5) is 21.2. The van der Waals surface area contributed by atoms with Crippen LogP contribution < -0.4 is 0 Å². The van der Waals surface area contributed by atoms with Crippen molar-refractivity contribution in [3.63, 3.8) is 0 Å². The number of ketones is 1. The number of carboxylic acids is 1. The van der Waals surface area contributed by atoms with Crippen LogP contribution in [0.25, 0.3) is 0 Å². The van der Waals surface area contributed by atoms with Crippen LogP contribution in [-0.4, -0.2) is 22.0 Å². The van der Waals surface area contributed by atoms with Crippen molar-refractivity contribution in [1.82, 2.24) is 0 Å². The van der Waals surface area contributed by atoms with Crippen LogP contribution in [0.5, 0.6) is 5.75 Å². The van der Waals surface area contributed by atoms with Gasteiger partial charge in [-0.3, -0.25) is 4.79 Å². The highest BCUT2D eigenvalue weighted by Crippen LogP contribution is 2.17. The molecule has 4 heteroatoms. The quantitative estimate of drug-likeness (QED) is 0.525. The van der Waals surface area contributed by atoms with Crippen molar-refractivity contribution < 1.29 is 19.8 Å². The van der Waals surface area contributed by atoms with Crippen molar-refractivity contribution >= 4 is 11.8 Å². The predicted molar refractivity (Wildman–Crippen MR) is 44.8 cm³/mol. The number of carbonyl (C=O) groups is 2. The molecule has 0 fully saturated rings. The maximum absolute atomic E-state index is 10.9. The van der Waals surface area contributed by atoms with Crippen LogP contribution in [0.15, 0.2) is 18.2 Å². The van der Waals surface area contributed by atoms with Crippen LogP contribution in [-0.2, 0) is 4.79 Å². The molecule has 0 saturated heterocycles. The zero-order valence-corrected chi connectivity index (χ0v) is 6.94. The first kappa shape index (κ1) is 9.25. The Hall–Kier alpha value is -1.84. The van der Waals surface area contributed by atoms with Crippen molar-refractivity contribution in [2.24, 2.45) is 0 Å². The molecule has 0 heterocycles. The molecule has 13 heavy (non-hydrogen) atoms. The molecule has 2 N–H and O–H groups in total. The maximum atomic E-state index is 10.9. The Labute approximate surface area is 74.4 Å². The minimum atomic E-state index is -1.52. The van der Waals surface area contributed by atoms with Crippen LogP contribution in [0.4, 0.5) is 0 Å². The van der Waals surface area contributed by atoms with Crippen LogP contribution in [0.3, 0.4) is 0 Å². The third-order valence-corrected chi connectivity index (χ3v) is 1.67. The number of rotatable bonds is 2. The summed E-state index contributed by atoms with van der Waals surface area (Å²) in [5.41, 5.74) is 0.581. The molecule has 0 unspecified atom stereocenters. The van der Waals surface area contributed by atoms with E-state index in [4.69, 9.17) is 5.11 Å². The number of Topliss-reactive ketones (excluding diaryl/α,β-unsaturated/α-hetero) is 1. The van der Waals surface area contributed by atoms with E-state index in [1.54, 1.807) is 6.92 Å². The first-order valence-electron chi connectivity index (χ1n) is 3.59. The lowest BCUT2D eigenvalue weighted by Gasteiger charge is -1.99. The van der Waals surface area contributed by atoms with Gasteiger partial charge >= 0.3 is 5.97 Å². The first-order chi connectivity index (χ1) is 6.02. The predicted octanol–water partition coefficient (Wildman–Crippen LogP) is 0.968. The van der Waals surface area contributed by atoms with Gasteiger partial charge in [0.05, 0.1) is 0 Å². The Bertz CT molecular complexity index is 368. The van der Waals surface area contributed by atoms with Crippen molar-refractivity contribution in [3.8, 4) is 5.75 Å². The maximum Gasteiger partial charge on any atom is 0.377 e. The van der Waals surface area contributed by atoms with Gasteiger partial charge in [0, 0.05) is 5.56 Å². The van der Waals surface area contributed by atoms with Crippen LogP contribution in [0.2, 0.25) is 0 Å². The molecule has 0 aliphatic rings. The fourth-order valence-corrected chi connectivity index (χ4v) is 0.874. The van der Waals surface area contributed by atoms with Crippen molar-refractivity contribution in [3.05, 3.63) is 29.3 Å². The number of phenolic OH excluding ortho intramolecular Hbond substituents is 1. The monoisotopic (exact) mass is 180 g/mol. The van der Waals surface area contributed by atoms with Gasteiger partial charge in [-0.1, -0.05) is 12.1 Å². The molecule has 0 aliphatic carbocycles. The smallest absolute Gasteiger partial charge is 0.377 e. The molecular formula is C9H8O4. The van der Waals surface area contributed by atoms with E-state index in [1.807, 2.05) is 0 Å². The van der Waals surface area contributed by atoms with Crippen LogP contribution >= 0.6 is 0 Å². The summed E-state index contributed by atoms with van der Waals surface area (Å²) in [7, 11) is 0. The second-order valence-corrected chi connectivity index (χ2v) is 2.64. The molecule has 0 bridgehead atoms. The van der Waals surface area contributed by atoms with E-state index in [2.05, 4.69) is 0 Å². The van der Waals surface area contributed by atoms with Gasteiger partial charge < -0.3 is 10.2 Å². The normalized spacial score (nSPS) is 9.62. The Morgan fingerprint density at radius 2 is 1.92 bits per heavy atom. The van der Waals surface area contributed by atoms with Crippen molar-refractivity contribution in [2.45, 2.75) is 6.92 Å². The van der Waals surface area contributed by atoms with Crippen molar-refractivity contribution in [1.29, 1.82) is 0 Å². The third kappa shape index (κ3) is 1.84. The van der Waals surface area contributed by atoms with Crippen LogP contribution in [0, 0.1) is 6.92 Å². The number of benzene rings is 1. The van der Waals surface area contributed by atoms with Gasteiger partial charge in [0.25, 0.3) is 5.78 Å². The SMILES string of the molecule is Cc1ccc(C(=O)C(=O)O)cc1O. The molecule has 4 nitrogen and oxygen atoms in total. The van der Waals surface area contributed by atoms with Gasteiger partial charge in [-0.05, 0) is 18.6 Å². The molecule has 0 atom stereocenters. The molecule has 0 aromatic heterocycles. The number of aromatic hydroxyl groups is 1. The van der Waals surface area contributed by atoms with E-state index >= 15 is 0 Å². The number of phenols is 1. The average molecular weight is 180 g/mol. The highest BCUT2D eigenvalue weighted by atomic mass is 16.4.